The number of hydrogen-bond donors (Lipinski definition) is 2. The third kappa shape index (κ3) is 5.62. The number of amides is 1. The van der Waals surface area contributed by atoms with Gasteiger partial charge in [-0.25, -0.2) is 9.97 Å². The molecule has 0 aliphatic carbocycles. The van der Waals surface area contributed by atoms with E-state index in [0.717, 1.165) is 11.1 Å². The molecule has 0 aliphatic rings. The summed E-state index contributed by atoms with van der Waals surface area (Å²) in [6.45, 7) is 5.20. The van der Waals surface area contributed by atoms with Gasteiger partial charge in [-0.1, -0.05) is 29.8 Å². The minimum atomic E-state index is -2.40. The largest absolute Gasteiger partial charge is 0.382 e. The maximum Gasteiger partial charge on any atom is 0.278 e. The monoisotopic (exact) mass is 442 g/mol. The quantitative estimate of drug-likeness (QED) is 0.558. The number of carbonyl (C=O) groups is 1. The molecule has 1 unspecified atom stereocenters. The summed E-state index contributed by atoms with van der Waals surface area (Å²) in [7, 11) is -3.76. The molecule has 156 valence electrons. The van der Waals surface area contributed by atoms with Crippen LogP contribution in [0.1, 0.15) is 16.1 Å². The van der Waals surface area contributed by atoms with Crippen molar-refractivity contribution in [2.24, 2.45) is 0 Å². The van der Waals surface area contributed by atoms with E-state index in [1.54, 1.807) is 37.6 Å². The summed E-state index contributed by atoms with van der Waals surface area (Å²) in [5.74, 6) is -0.461. The van der Waals surface area contributed by atoms with Crippen molar-refractivity contribution in [3.63, 3.8) is 0 Å². The molecule has 0 fully saturated rings. The second kappa shape index (κ2) is 8.90. The maximum absolute atomic E-state index is 12.7. The molecule has 0 saturated heterocycles. The van der Waals surface area contributed by atoms with Crippen LogP contribution in [0.5, 0.6) is 0 Å². The fourth-order valence-corrected chi connectivity index (χ4v) is 5.96. The number of benzene rings is 2. The van der Waals surface area contributed by atoms with Crippen LogP contribution < -0.4 is 11.1 Å². The fraction of sp³-hybridized carbons (Fsp3) is 0.190. The third-order valence-electron chi connectivity index (χ3n) is 4.17. The van der Waals surface area contributed by atoms with E-state index in [0.29, 0.717) is 16.3 Å². The molecule has 0 bridgehead atoms. The minimum Gasteiger partial charge on any atom is -0.382 e. The molecular weight excluding hydrogens is 419 g/mol. The van der Waals surface area contributed by atoms with E-state index < -0.39 is 23.8 Å². The predicted octanol–water partition coefficient (Wildman–Crippen LogP) is 3.97. The number of rotatable bonds is 6. The summed E-state index contributed by atoms with van der Waals surface area (Å²) in [6.07, 6.45) is 1.53. The molecule has 9 heteroatoms. The Balaban J connectivity index is 1.77. The van der Waals surface area contributed by atoms with Gasteiger partial charge in [0.25, 0.3) is 5.91 Å². The van der Waals surface area contributed by atoms with Crippen LogP contribution in [0, 0.1) is 6.92 Å². The van der Waals surface area contributed by atoms with Crippen LogP contribution in [-0.2, 0) is 15.4 Å². The van der Waals surface area contributed by atoms with E-state index in [-0.39, 0.29) is 17.0 Å². The number of nitrogen functional groups attached to an aromatic ring is 1. The SMILES string of the molecule is Cc1ccc(-c2cnc(N)c(C(=O)Nc3ccc(S(=O)CP(C)(C)=O)cc3)n2)cc1. The maximum atomic E-state index is 12.7. The second-order valence-electron chi connectivity index (χ2n) is 7.38. The van der Waals surface area contributed by atoms with Gasteiger partial charge in [0.15, 0.2) is 11.5 Å². The summed E-state index contributed by atoms with van der Waals surface area (Å²) >= 11 is 0. The van der Waals surface area contributed by atoms with Crippen molar-refractivity contribution in [2.45, 2.75) is 11.8 Å². The highest BCUT2D eigenvalue weighted by atomic mass is 32.2. The Hall–Kier alpha value is -2.83. The number of nitrogens with two attached hydrogens (primary N) is 1. The fourth-order valence-electron chi connectivity index (χ4n) is 2.67. The molecule has 3 N–H and O–H groups in total. The first kappa shape index (κ1) is 21.9. The smallest absolute Gasteiger partial charge is 0.278 e. The molecule has 3 aromatic rings. The highest BCUT2D eigenvalue weighted by Gasteiger charge is 2.17. The molecule has 0 spiro atoms. The minimum absolute atomic E-state index is 0.0265. The molecule has 7 nitrogen and oxygen atoms in total. The van der Waals surface area contributed by atoms with E-state index >= 15 is 0 Å². The van der Waals surface area contributed by atoms with Crippen LogP contribution in [0.4, 0.5) is 11.5 Å². The van der Waals surface area contributed by atoms with Crippen molar-refractivity contribution < 1.29 is 13.6 Å². The molecule has 0 aliphatic heterocycles. The number of nitrogens with one attached hydrogen (secondary N) is 1. The van der Waals surface area contributed by atoms with Gasteiger partial charge in [0.1, 0.15) is 0 Å². The number of hydrogen-bond acceptors (Lipinski definition) is 6. The van der Waals surface area contributed by atoms with Crippen molar-refractivity contribution in [3.8, 4) is 11.3 Å². The number of aromatic nitrogens is 2. The van der Waals surface area contributed by atoms with Crippen molar-refractivity contribution in [2.75, 3.05) is 29.9 Å². The Kier molecular flexibility index (Phi) is 6.48. The second-order valence-corrected chi connectivity index (χ2v) is 12.7. The Morgan fingerprint density at radius 2 is 1.73 bits per heavy atom. The van der Waals surface area contributed by atoms with Crippen LogP contribution in [0.2, 0.25) is 0 Å². The lowest BCUT2D eigenvalue weighted by atomic mass is 10.1. The van der Waals surface area contributed by atoms with Gasteiger partial charge in [-0.15, -0.1) is 0 Å². The molecule has 1 atom stereocenters. The van der Waals surface area contributed by atoms with Crippen molar-refractivity contribution >= 4 is 35.4 Å². The predicted molar refractivity (Wildman–Crippen MR) is 122 cm³/mol. The van der Waals surface area contributed by atoms with Crippen LogP contribution in [-0.4, -0.2) is 38.9 Å². The Labute approximate surface area is 178 Å². The van der Waals surface area contributed by atoms with Crippen LogP contribution in [0.25, 0.3) is 11.3 Å². The molecule has 0 radical (unpaired) electrons. The van der Waals surface area contributed by atoms with Crippen LogP contribution >= 0.6 is 7.14 Å². The molecule has 30 heavy (non-hydrogen) atoms. The first-order valence-corrected chi connectivity index (χ1v) is 13.3. The molecule has 1 aromatic heterocycles. The summed E-state index contributed by atoms with van der Waals surface area (Å²) in [4.78, 5) is 21.7. The summed E-state index contributed by atoms with van der Waals surface area (Å²) < 4.78 is 24.1. The number of nitrogens with zero attached hydrogens (tertiary/aromatic N) is 2. The highest BCUT2D eigenvalue weighted by molar-refractivity contribution is 7.93. The van der Waals surface area contributed by atoms with Crippen LogP contribution in [0.15, 0.2) is 59.6 Å². The van der Waals surface area contributed by atoms with E-state index in [9.17, 15) is 13.6 Å². The molecular formula is C21H23N4O3PS. The third-order valence-corrected chi connectivity index (χ3v) is 8.39. The lowest BCUT2D eigenvalue weighted by molar-refractivity contribution is 0.102. The van der Waals surface area contributed by atoms with E-state index in [4.69, 9.17) is 5.73 Å². The number of anilines is 2. The summed E-state index contributed by atoms with van der Waals surface area (Å²) in [5.41, 5.74) is 9.01. The zero-order chi connectivity index (χ0) is 21.9. The van der Waals surface area contributed by atoms with Gasteiger partial charge in [-0.3, -0.25) is 9.00 Å². The first-order chi connectivity index (χ1) is 14.1. The molecule has 0 saturated carbocycles. The van der Waals surface area contributed by atoms with E-state index in [1.807, 2.05) is 31.2 Å². The van der Waals surface area contributed by atoms with Crippen molar-refractivity contribution in [1.82, 2.24) is 9.97 Å². The normalized spacial score (nSPS) is 12.4. The molecule has 2 aromatic carbocycles. The zero-order valence-electron chi connectivity index (χ0n) is 17.0. The van der Waals surface area contributed by atoms with Crippen molar-refractivity contribution in [1.29, 1.82) is 0 Å². The Morgan fingerprint density at radius 1 is 1.10 bits per heavy atom. The molecule has 1 amide bonds. The highest BCUT2D eigenvalue weighted by Crippen LogP contribution is 2.37. The average Bonchev–Trinajstić information content (AvgIpc) is 2.68. The summed E-state index contributed by atoms with van der Waals surface area (Å²) in [5, 5.41) is 2.73. The van der Waals surface area contributed by atoms with Gasteiger partial charge >= 0.3 is 0 Å². The van der Waals surface area contributed by atoms with E-state index in [2.05, 4.69) is 15.3 Å². The molecule has 3 rings (SSSR count). The van der Waals surface area contributed by atoms with Crippen LogP contribution in [0.3, 0.4) is 0 Å². The lowest BCUT2D eigenvalue weighted by Crippen LogP contribution is -2.17. The Morgan fingerprint density at radius 3 is 2.33 bits per heavy atom. The number of carbonyl (C=O) groups excluding carboxylic acids is 1. The van der Waals surface area contributed by atoms with Crippen molar-refractivity contribution in [3.05, 3.63) is 66.0 Å². The lowest BCUT2D eigenvalue weighted by Gasteiger charge is -2.10. The molecule has 1 heterocycles. The zero-order valence-corrected chi connectivity index (χ0v) is 18.7. The average molecular weight is 442 g/mol. The van der Waals surface area contributed by atoms with Gasteiger partial charge < -0.3 is 15.6 Å². The first-order valence-electron chi connectivity index (χ1n) is 9.16. The van der Waals surface area contributed by atoms with Gasteiger partial charge in [0, 0.05) is 16.1 Å². The van der Waals surface area contributed by atoms with Gasteiger partial charge in [-0.2, -0.15) is 0 Å². The van der Waals surface area contributed by atoms with Gasteiger partial charge in [0.05, 0.1) is 35.3 Å². The Bertz CT molecular complexity index is 1140. The summed E-state index contributed by atoms with van der Waals surface area (Å²) in [6, 6.07) is 14.3. The van der Waals surface area contributed by atoms with E-state index in [1.165, 1.54) is 6.20 Å². The topological polar surface area (TPSA) is 115 Å². The standard InChI is InChI=1S/C21H23N4O3PS/c1-14-4-6-15(7-5-14)18-12-23-20(22)19(25-18)21(26)24-16-8-10-17(11-9-16)30(28)13-29(2,3)27/h4-12H,13H2,1-3H3,(H2,22,23)(H,24,26). The number of aryl methyl sites for hydroxylation is 1. The van der Waals surface area contributed by atoms with Gasteiger partial charge in [0.2, 0.25) is 0 Å². The van der Waals surface area contributed by atoms with Gasteiger partial charge in [-0.05, 0) is 44.5 Å².